The first-order chi connectivity index (χ1) is 7.15. The number of hydrogen-bond acceptors (Lipinski definition) is 2. The summed E-state index contributed by atoms with van der Waals surface area (Å²) in [7, 11) is 0. The van der Waals surface area contributed by atoms with Gasteiger partial charge in [-0.1, -0.05) is 19.0 Å². The summed E-state index contributed by atoms with van der Waals surface area (Å²) >= 11 is 0. The predicted octanol–water partition coefficient (Wildman–Crippen LogP) is 2.19. The molecule has 1 aliphatic rings. The van der Waals surface area contributed by atoms with Gasteiger partial charge in [0.2, 0.25) is 5.91 Å². The standard InChI is InChI=1S/C10H18N4O/c1-8(2)9-6-10(15)14(7-9)5-3-4-12-13-11/h8-9H,3-7H2,1-2H3. The molecule has 84 valence electrons. The van der Waals surface area contributed by atoms with Crippen LogP contribution in [0.25, 0.3) is 10.4 Å². The number of carbonyl (C=O) groups is 1. The molecular formula is C10H18N4O. The van der Waals surface area contributed by atoms with Crippen molar-refractivity contribution in [3.05, 3.63) is 10.4 Å². The van der Waals surface area contributed by atoms with E-state index in [9.17, 15) is 4.79 Å². The van der Waals surface area contributed by atoms with Crippen molar-refractivity contribution in [2.24, 2.45) is 17.0 Å². The van der Waals surface area contributed by atoms with Gasteiger partial charge in [-0.15, -0.1) is 0 Å². The van der Waals surface area contributed by atoms with Crippen LogP contribution >= 0.6 is 0 Å². The van der Waals surface area contributed by atoms with E-state index >= 15 is 0 Å². The van der Waals surface area contributed by atoms with Gasteiger partial charge in [0.25, 0.3) is 0 Å². The lowest BCUT2D eigenvalue weighted by Crippen LogP contribution is -2.27. The summed E-state index contributed by atoms with van der Waals surface area (Å²) in [6.45, 7) is 6.38. The van der Waals surface area contributed by atoms with Crippen molar-refractivity contribution in [2.75, 3.05) is 19.6 Å². The van der Waals surface area contributed by atoms with Crippen LogP contribution in [0.2, 0.25) is 0 Å². The minimum atomic E-state index is 0.245. The Labute approximate surface area is 90.1 Å². The second-order valence-corrected chi connectivity index (χ2v) is 4.36. The lowest BCUT2D eigenvalue weighted by atomic mass is 9.95. The van der Waals surface area contributed by atoms with E-state index in [1.807, 2.05) is 4.90 Å². The minimum absolute atomic E-state index is 0.245. The second-order valence-electron chi connectivity index (χ2n) is 4.36. The molecular weight excluding hydrogens is 192 g/mol. The predicted molar refractivity (Wildman–Crippen MR) is 58.2 cm³/mol. The van der Waals surface area contributed by atoms with Crippen LogP contribution in [0.15, 0.2) is 5.11 Å². The van der Waals surface area contributed by atoms with Gasteiger partial charge in [0.15, 0.2) is 0 Å². The Kier molecular flexibility index (Phi) is 4.43. The second kappa shape index (κ2) is 5.61. The van der Waals surface area contributed by atoms with Crippen molar-refractivity contribution in [3.8, 4) is 0 Å². The number of rotatable bonds is 5. The van der Waals surface area contributed by atoms with Crippen LogP contribution in [0.5, 0.6) is 0 Å². The first-order valence-corrected chi connectivity index (χ1v) is 5.43. The number of carbonyl (C=O) groups excluding carboxylic acids is 1. The smallest absolute Gasteiger partial charge is 0.222 e. The number of nitrogens with zero attached hydrogens (tertiary/aromatic N) is 4. The summed E-state index contributed by atoms with van der Waals surface area (Å²) < 4.78 is 0. The van der Waals surface area contributed by atoms with Crippen LogP contribution in [0.4, 0.5) is 0 Å². The van der Waals surface area contributed by atoms with E-state index in [4.69, 9.17) is 5.53 Å². The Balaban J connectivity index is 2.31. The van der Waals surface area contributed by atoms with Crippen LogP contribution in [0.1, 0.15) is 26.7 Å². The Morgan fingerprint density at radius 2 is 2.40 bits per heavy atom. The normalized spacial score (nSPS) is 20.9. The molecule has 0 aromatic rings. The summed E-state index contributed by atoms with van der Waals surface area (Å²) in [5.41, 5.74) is 8.10. The van der Waals surface area contributed by atoms with Crippen molar-refractivity contribution in [1.29, 1.82) is 0 Å². The molecule has 0 N–H and O–H groups in total. The molecule has 0 aliphatic carbocycles. The van der Waals surface area contributed by atoms with E-state index < -0.39 is 0 Å². The third-order valence-corrected chi connectivity index (χ3v) is 2.94. The fraction of sp³-hybridized carbons (Fsp3) is 0.900. The number of amides is 1. The third kappa shape index (κ3) is 3.44. The fourth-order valence-corrected chi connectivity index (χ4v) is 1.84. The van der Waals surface area contributed by atoms with E-state index in [0.29, 0.717) is 24.8 Å². The highest BCUT2D eigenvalue weighted by molar-refractivity contribution is 5.78. The van der Waals surface area contributed by atoms with Gasteiger partial charge < -0.3 is 4.90 Å². The average Bonchev–Trinajstić information content (AvgIpc) is 2.55. The van der Waals surface area contributed by atoms with Gasteiger partial charge in [-0.2, -0.15) is 0 Å². The average molecular weight is 210 g/mol. The summed E-state index contributed by atoms with van der Waals surface area (Å²) in [4.78, 5) is 16.1. The van der Waals surface area contributed by atoms with Crippen LogP contribution in [0.3, 0.4) is 0 Å². The number of hydrogen-bond donors (Lipinski definition) is 0. The van der Waals surface area contributed by atoms with Gasteiger partial charge >= 0.3 is 0 Å². The lowest BCUT2D eigenvalue weighted by Gasteiger charge is -2.17. The molecule has 1 aliphatic heterocycles. The Morgan fingerprint density at radius 3 is 2.93 bits per heavy atom. The SMILES string of the molecule is CC(C)C1CC(=O)N(CCCN=[N+]=[N-])C1. The van der Waals surface area contributed by atoms with Gasteiger partial charge in [0, 0.05) is 31.0 Å². The number of azide groups is 1. The maximum Gasteiger partial charge on any atom is 0.222 e. The van der Waals surface area contributed by atoms with Crippen molar-refractivity contribution in [3.63, 3.8) is 0 Å². The van der Waals surface area contributed by atoms with Crippen LogP contribution < -0.4 is 0 Å². The molecule has 1 rings (SSSR count). The molecule has 0 aromatic heterocycles. The first-order valence-electron chi connectivity index (χ1n) is 5.43. The summed E-state index contributed by atoms with van der Waals surface area (Å²) in [6, 6.07) is 0. The zero-order valence-corrected chi connectivity index (χ0v) is 9.39. The minimum Gasteiger partial charge on any atom is -0.342 e. The van der Waals surface area contributed by atoms with Crippen molar-refractivity contribution >= 4 is 5.91 Å². The van der Waals surface area contributed by atoms with Crippen LogP contribution in [-0.2, 0) is 4.79 Å². The Hall–Kier alpha value is -1.22. The first kappa shape index (κ1) is 11.9. The Morgan fingerprint density at radius 1 is 1.67 bits per heavy atom. The van der Waals surface area contributed by atoms with E-state index in [0.717, 1.165) is 19.5 Å². The molecule has 1 heterocycles. The van der Waals surface area contributed by atoms with Gasteiger partial charge in [-0.25, -0.2) is 0 Å². The molecule has 0 bridgehead atoms. The fourth-order valence-electron chi connectivity index (χ4n) is 1.84. The molecule has 15 heavy (non-hydrogen) atoms. The molecule has 0 spiro atoms. The van der Waals surface area contributed by atoms with Gasteiger partial charge in [0.05, 0.1) is 0 Å². The summed E-state index contributed by atoms with van der Waals surface area (Å²) in [5, 5.41) is 3.45. The molecule has 1 unspecified atom stereocenters. The highest BCUT2D eigenvalue weighted by atomic mass is 16.2. The molecule has 5 nitrogen and oxygen atoms in total. The van der Waals surface area contributed by atoms with Crippen molar-refractivity contribution < 1.29 is 4.79 Å². The van der Waals surface area contributed by atoms with Crippen LogP contribution in [0, 0.1) is 11.8 Å². The van der Waals surface area contributed by atoms with Crippen LogP contribution in [-0.4, -0.2) is 30.4 Å². The van der Waals surface area contributed by atoms with E-state index in [1.54, 1.807) is 0 Å². The van der Waals surface area contributed by atoms with Crippen molar-refractivity contribution in [1.82, 2.24) is 4.90 Å². The number of likely N-dealkylation sites (tertiary alicyclic amines) is 1. The molecule has 0 aromatic carbocycles. The molecule has 1 atom stereocenters. The van der Waals surface area contributed by atoms with E-state index in [-0.39, 0.29) is 5.91 Å². The highest BCUT2D eigenvalue weighted by Crippen LogP contribution is 2.24. The van der Waals surface area contributed by atoms with Gasteiger partial charge in [0.1, 0.15) is 0 Å². The zero-order valence-electron chi connectivity index (χ0n) is 9.39. The third-order valence-electron chi connectivity index (χ3n) is 2.94. The summed E-state index contributed by atoms with van der Waals surface area (Å²) in [6.07, 6.45) is 1.44. The lowest BCUT2D eigenvalue weighted by molar-refractivity contribution is -0.127. The highest BCUT2D eigenvalue weighted by Gasteiger charge is 2.30. The quantitative estimate of drug-likeness (QED) is 0.297. The van der Waals surface area contributed by atoms with Gasteiger partial charge in [-0.3, -0.25) is 4.79 Å². The Bertz CT molecular complexity index is 271. The topological polar surface area (TPSA) is 69.1 Å². The molecule has 1 saturated heterocycles. The largest absolute Gasteiger partial charge is 0.342 e. The van der Waals surface area contributed by atoms with Gasteiger partial charge in [-0.05, 0) is 23.8 Å². The maximum absolute atomic E-state index is 11.6. The maximum atomic E-state index is 11.6. The molecule has 0 radical (unpaired) electrons. The van der Waals surface area contributed by atoms with Crippen molar-refractivity contribution in [2.45, 2.75) is 26.7 Å². The molecule has 1 fully saturated rings. The summed E-state index contributed by atoms with van der Waals surface area (Å²) in [5.74, 6) is 1.31. The van der Waals surface area contributed by atoms with E-state index in [2.05, 4.69) is 23.9 Å². The molecule has 0 saturated carbocycles. The molecule has 1 amide bonds. The molecule has 5 heteroatoms. The zero-order chi connectivity index (χ0) is 11.3. The monoisotopic (exact) mass is 210 g/mol. The van der Waals surface area contributed by atoms with E-state index in [1.165, 1.54) is 0 Å².